The van der Waals surface area contributed by atoms with Gasteiger partial charge in [-0.2, -0.15) is 13.9 Å². The summed E-state index contributed by atoms with van der Waals surface area (Å²) in [5, 5.41) is 4.67. The average molecular weight is 527 g/mol. The average Bonchev–Trinajstić information content (AvgIpc) is 3.35. The third kappa shape index (κ3) is 3.63. The number of carbonyl (C=O) groups excluding carboxylic acids is 1. The number of aromatic nitrogens is 4. The molecule has 4 heterocycles. The summed E-state index contributed by atoms with van der Waals surface area (Å²) in [5.74, 6) is -1.46. The van der Waals surface area contributed by atoms with E-state index < -0.39 is 25.5 Å². The highest BCUT2D eigenvalue weighted by Gasteiger charge is 2.46. The highest BCUT2D eigenvalue weighted by molar-refractivity contribution is 7.69. The Balaban J connectivity index is 1.54. The molecule has 1 aromatic carbocycles. The lowest BCUT2D eigenvalue weighted by Gasteiger charge is -2.23. The molecule has 2 bridgehead atoms. The summed E-state index contributed by atoms with van der Waals surface area (Å²) in [6.07, 6.45) is 3.36. The number of amides is 1. The van der Waals surface area contributed by atoms with Crippen molar-refractivity contribution in [2.45, 2.75) is 25.0 Å². The SMILES string of the molecule is CN1C(=O)c2cccc(OC(F)F)c2[C@H]2C[C@@H]1c1nn3cnc(-c4cnc(P(C)(C)=O)c(F)c4)cc3c12. The number of carbonyl (C=O) groups is 1. The summed E-state index contributed by atoms with van der Waals surface area (Å²) < 4.78 is 60.0. The maximum absolute atomic E-state index is 14.7. The van der Waals surface area contributed by atoms with Crippen LogP contribution in [0.1, 0.15) is 45.6 Å². The van der Waals surface area contributed by atoms with Gasteiger partial charge in [0.1, 0.15) is 24.7 Å². The molecule has 2 atom stereocenters. The molecule has 0 radical (unpaired) electrons. The minimum atomic E-state index is -3.05. The Hall–Kier alpha value is -3.72. The molecule has 8 nitrogen and oxygen atoms in total. The highest BCUT2D eigenvalue weighted by Crippen LogP contribution is 2.53. The summed E-state index contributed by atoms with van der Waals surface area (Å²) in [7, 11) is -1.23. The van der Waals surface area contributed by atoms with E-state index in [1.165, 1.54) is 44.1 Å². The van der Waals surface area contributed by atoms with E-state index in [-0.39, 0.29) is 23.1 Å². The van der Waals surface area contributed by atoms with Crippen molar-refractivity contribution < 1.29 is 27.3 Å². The van der Waals surface area contributed by atoms with Crippen molar-refractivity contribution in [1.29, 1.82) is 0 Å². The minimum absolute atomic E-state index is 0.0493. The van der Waals surface area contributed by atoms with Crippen LogP contribution in [0.15, 0.2) is 42.9 Å². The number of hydrogen-bond acceptors (Lipinski definition) is 6. The Morgan fingerprint density at radius 1 is 1.16 bits per heavy atom. The first-order valence-corrected chi connectivity index (χ1v) is 14.1. The van der Waals surface area contributed by atoms with Crippen LogP contribution in [0.5, 0.6) is 5.75 Å². The van der Waals surface area contributed by atoms with E-state index in [9.17, 15) is 22.5 Å². The van der Waals surface area contributed by atoms with Gasteiger partial charge in [-0.25, -0.2) is 18.9 Å². The van der Waals surface area contributed by atoms with E-state index in [4.69, 9.17) is 4.74 Å². The van der Waals surface area contributed by atoms with Gasteiger partial charge in [0.25, 0.3) is 5.91 Å². The minimum Gasteiger partial charge on any atom is -0.434 e. The van der Waals surface area contributed by atoms with E-state index in [2.05, 4.69) is 15.1 Å². The van der Waals surface area contributed by atoms with Crippen molar-refractivity contribution in [1.82, 2.24) is 24.5 Å². The van der Waals surface area contributed by atoms with Crippen molar-refractivity contribution in [2.75, 3.05) is 20.4 Å². The Morgan fingerprint density at radius 3 is 2.65 bits per heavy atom. The summed E-state index contributed by atoms with van der Waals surface area (Å²) in [5.41, 5.74) is 3.49. The second-order valence-electron chi connectivity index (χ2n) is 9.60. The number of fused-ring (bicyclic) bond motifs is 9. The Bertz CT molecular complexity index is 1650. The number of pyridine rings is 1. The number of alkyl halides is 2. The molecule has 0 spiro atoms. The van der Waals surface area contributed by atoms with E-state index in [0.29, 0.717) is 40.0 Å². The fourth-order valence-electron chi connectivity index (χ4n) is 5.40. The van der Waals surface area contributed by atoms with Gasteiger partial charge in [-0.15, -0.1) is 0 Å². The molecular formula is C25H21F3N5O3P. The van der Waals surface area contributed by atoms with Gasteiger partial charge in [0.05, 0.1) is 22.9 Å². The van der Waals surface area contributed by atoms with Crippen LogP contribution in [0.2, 0.25) is 0 Å². The van der Waals surface area contributed by atoms with Crippen molar-refractivity contribution >= 4 is 24.0 Å². The second-order valence-corrected chi connectivity index (χ2v) is 12.7. The Labute approximate surface area is 209 Å². The first-order valence-electron chi connectivity index (χ1n) is 11.5. The molecule has 190 valence electrons. The normalized spacial score (nSPS) is 18.8. The molecule has 6 rings (SSSR count). The number of nitrogens with zero attached hydrogens (tertiary/aromatic N) is 5. The third-order valence-corrected chi connectivity index (χ3v) is 8.34. The molecule has 1 aliphatic carbocycles. The predicted octanol–water partition coefficient (Wildman–Crippen LogP) is 4.44. The number of hydrogen-bond donors (Lipinski definition) is 0. The lowest BCUT2D eigenvalue weighted by molar-refractivity contribution is -0.0505. The molecule has 0 N–H and O–H groups in total. The van der Waals surface area contributed by atoms with Gasteiger partial charge in [-0.3, -0.25) is 4.79 Å². The Morgan fingerprint density at radius 2 is 1.95 bits per heavy atom. The van der Waals surface area contributed by atoms with Crippen LogP contribution in [0, 0.1) is 5.82 Å². The molecule has 12 heteroatoms. The van der Waals surface area contributed by atoms with Crippen LogP contribution in [0.4, 0.5) is 13.2 Å². The van der Waals surface area contributed by atoms with E-state index in [1.807, 2.05) is 0 Å². The first kappa shape index (κ1) is 23.7. The molecular weight excluding hydrogens is 506 g/mol. The smallest absolute Gasteiger partial charge is 0.387 e. The molecule has 1 amide bonds. The summed E-state index contributed by atoms with van der Waals surface area (Å²) in [6.45, 7) is -0.153. The number of benzene rings is 1. The molecule has 3 aromatic heterocycles. The topological polar surface area (TPSA) is 89.7 Å². The molecule has 37 heavy (non-hydrogen) atoms. The van der Waals surface area contributed by atoms with Gasteiger partial charge in [-0.05, 0) is 44.0 Å². The summed E-state index contributed by atoms with van der Waals surface area (Å²) >= 11 is 0. The maximum atomic E-state index is 14.7. The largest absolute Gasteiger partial charge is 0.434 e. The molecule has 4 aromatic rings. The quantitative estimate of drug-likeness (QED) is 0.365. The summed E-state index contributed by atoms with van der Waals surface area (Å²) in [4.78, 5) is 23.3. The van der Waals surface area contributed by atoms with Crippen molar-refractivity contribution in [3.8, 4) is 17.0 Å². The van der Waals surface area contributed by atoms with Crippen LogP contribution < -0.4 is 10.2 Å². The van der Waals surface area contributed by atoms with Crippen molar-refractivity contribution in [3.05, 3.63) is 71.1 Å². The molecule has 1 aliphatic heterocycles. The molecule has 2 aliphatic rings. The van der Waals surface area contributed by atoms with Gasteiger partial charge in [0.15, 0.2) is 5.82 Å². The fourth-order valence-corrected chi connectivity index (χ4v) is 6.31. The number of ether oxygens (including phenoxy) is 1. The second kappa shape index (κ2) is 8.14. The van der Waals surface area contributed by atoms with Gasteiger partial charge < -0.3 is 14.2 Å². The predicted molar refractivity (Wildman–Crippen MR) is 130 cm³/mol. The zero-order chi connectivity index (χ0) is 26.2. The lowest BCUT2D eigenvalue weighted by Crippen LogP contribution is -2.30. The van der Waals surface area contributed by atoms with Gasteiger partial charge >= 0.3 is 6.61 Å². The monoisotopic (exact) mass is 527 g/mol. The van der Waals surface area contributed by atoms with Crippen LogP contribution in [0.25, 0.3) is 16.8 Å². The molecule has 0 saturated heterocycles. The Kier molecular flexibility index (Phi) is 5.21. The van der Waals surface area contributed by atoms with E-state index >= 15 is 0 Å². The standard InChI is InChI=1S/C25H21F3N5O3P/c1-32-18-8-14(20-13(24(32)34)5-4-6-19(20)36-25(27)28)21-17-9-16(30-11-33(17)31-22(18)21)12-7-15(26)23(29-10-12)37(2,3)35/h4-7,9-11,14,18,25H,8H2,1-3H3/t14-,18-/m1/s1. The van der Waals surface area contributed by atoms with E-state index in [0.717, 1.165) is 5.56 Å². The van der Waals surface area contributed by atoms with Gasteiger partial charge in [-0.1, -0.05) is 6.07 Å². The zero-order valence-electron chi connectivity index (χ0n) is 20.0. The molecule has 0 unspecified atom stereocenters. The van der Waals surface area contributed by atoms with Crippen LogP contribution in [-0.2, 0) is 4.57 Å². The van der Waals surface area contributed by atoms with Crippen LogP contribution in [0.3, 0.4) is 0 Å². The van der Waals surface area contributed by atoms with Gasteiger partial charge in [0, 0.05) is 41.4 Å². The van der Waals surface area contributed by atoms with Crippen molar-refractivity contribution in [3.63, 3.8) is 0 Å². The molecule has 0 saturated carbocycles. The first-order chi connectivity index (χ1) is 17.5. The summed E-state index contributed by atoms with van der Waals surface area (Å²) in [6, 6.07) is 7.18. The third-order valence-electron chi connectivity index (χ3n) is 6.99. The maximum Gasteiger partial charge on any atom is 0.387 e. The van der Waals surface area contributed by atoms with Crippen LogP contribution in [-0.4, -0.2) is 57.4 Å². The number of rotatable bonds is 4. The molecule has 0 fully saturated rings. The highest BCUT2D eigenvalue weighted by atomic mass is 31.2. The van der Waals surface area contributed by atoms with Gasteiger partial charge in [0.2, 0.25) is 0 Å². The lowest BCUT2D eigenvalue weighted by atomic mass is 9.88. The van der Waals surface area contributed by atoms with Crippen molar-refractivity contribution in [2.24, 2.45) is 0 Å². The number of halogens is 3. The zero-order valence-corrected chi connectivity index (χ0v) is 20.9. The van der Waals surface area contributed by atoms with Crippen LogP contribution >= 0.6 is 7.14 Å². The fraction of sp³-hybridized carbons (Fsp3) is 0.280. The van der Waals surface area contributed by atoms with E-state index in [1.54, 1.807) is 28.6 Å².